The standard InChI is InChI=1S/C13H7BrClI2NO/c14-10-3-1-7(16)5-9(10)13(19)18-12-4-2-8(17)6-11(12)15/h1-6H,(H,18,19). The molecule has 0 unspecified atom stereocenters. The molecule has 1 amide bonds. The van der Waals surface area contributed by atoms with Crippen LogP contribution < -0.4 is 5.32 Å². The Bertz CT molecular complexity index is 649. The molecule has 1 N–H and O–H groups in total. The Morgan fingerprint density at radius 1 is 1.11 bits per heavy atom. The summed E-state index contributed by atoms with van der Waals surface area (Å²) in [6, 6.07) is 11.1. The third-order valence-corrected chi connectivity index (χ3v) is 4.70. The van der Waals surface area contributed by atoms with E-state index in [2.05, 4.69) is 66.4 Å². The first-order valence-corrected chi connectivity index (χ1v) is 8.51. The maximum Gasteiger partial charge on any atom is 0.256 e. The van der Waals surface area contributed by atoms with Gasteiger partial charge < -0.3 is 5.32 Å². The molecular weight excluding hydrogens is 555 g/mol. The summed E-state index contributed by atoms with van der Waals surface area (Å²) in [6.07, 6.45) is 0. The minimum Gasteiger partial charge on any atom is -0.321 e. The lowest BCUT2D eigenvalue weighted by Gasteiger charge is -2.09. The van der Waals surface area contributed by atoms with Crippen LogP contribution in [0.15, 0.2) is 40.9 Å². The van der Waals surface area contributed by atoms with Crippen molar-refractivity contribution in [2.75, 3.05) is 5.32 Å². The molecular formula is C13H7BrClI2NO. The molecule has 0 aliphatic heterocycles. The molecule has 0 fully saturated rings. The minimum absolute atomic E-state index is 0.187. The van der Waals surface area contributed by atoms with Crippen LogP contribution in [0, 0.1) is 7.14 Å². The van der Waals surface area contributed by atoms with Gasteiger partial charge in [-0.25, -0.2) is 0 Å². The number of hydrogen-bond donors (Lipinski definition) is 1. The number of anilines is 1. The summed E-state index contributed by atoms with van der Waals surface area (Å²) in [6.45, 7) is 0. The molecule has 0 spiro atoms. The van der Waals surface area contributed by atoms with Gasteiger partial charge in [-0.15, -0.1) is 0 Å². The lowest BCUT2D eigenvalue weighted by molar-refractivity contribution is 0.102. The van der Waals surface area contributed by atoms with Crippen LogP contribution in [0.1, 0.15) is 10.4 Å². The number of halogens is 4. The van der Waals surface area contributed by atoms with Gasteiger partial charge in [-0.1, -0.05) is 11.6 Å². The topological polar surface area (TPSA) is 29.1 Å². The molecule has 2 nitrogen and oxygen atoms in total. The van der Waals surface area contributed by atoms with Crippen LogP contribution in [-0.2, 0) is 0 Å². The third kappa shape index (κ3) is 4.05. The fourth-order valence-electron chi connectivity index (χ4n) is 1.45. The molecule has 98 valence electrons. The quantitative estimate of drug-likeness (QED) is 0.478. The Balaban J connectivity index is 2.28. The summed E-state index contributed by atoms with van der Waals surface area (Å²) < 4.78 is 2.78. The highest BCUT2D eigenvalue weighted by Crippen LogP contribution is 2.26. The first-order valence-electron chi connectivity index (χ1n) is 5.19. The number of hydrogen-bond acceptors (Lipinski definition) is 1. The van der Waals surface area contributed by atoms with E-state index >= 15 is 0 Å². The highest BCUT2D eigenvalue weighted by molar-refractivity contribution is 14.1. The van der Waals surface area contributed by atoms with Crippen molar-refractivity contribution >= 4 is 84.3 Å². The Morgan fingerprint density at radius 2 is 1.74 bits per heavy atom. The van der Waals surface area contributed by atoms with Gasteiger partial charge in [-0.2, -0.15) is 0 Å². The number of rotatable bonds is 2. The Kier molecular flexibility index (Phi) is 5.50. The maximum atomic E-state index is 12.2. The van der Waals surface area contributed by atoms with E-state index in [1.54, 1.807) is 6.07 Å². The van der Waals surface area contributed by atoms with Gasteiger partial charge in [0.15, 0.2) is 0 Å². The van der Waals surface area contributed by atoms with Gasteiger partial charge in [0.1, 0.15) is 0 Å². The lowest BCUT2D eigenvalue weighted by Crippen LogP contribution is -2.13. The molecule has 6 heteroatoms. The van der Waals surface area contributed by atoms with E-state index in [9.17, 15) is 4.79 Å². The second-order valence-corrected chi connectivity index (χ2v) is 7.46. The van der Waals surface area contributed by atoms with E-state index in [-0.39, 0.29) is 5.91 Å². The van der Waals surface area contributed by atoms with Gasteiger partial charge in [-0.05, 0) is 97.5 Å². The van der Waals surface area contributed by atoms with Crippen molar-refractivity contribution in [1.29, 1.82) is 0 Å². The van der Waals surface area contributed by atoms with Crippen LogP contribution in [0.5, 0.6) is 0 Å². The SMILES string of the molecule is O=C(Nc1ccc(I)cc1Cl)c1cc(I)ccc1Br. The Morgan fingerprint density at radius 3 is 2.42 bits per heavy atom. The lowest BCUT2D eigenvalue weighted by atomic mass is 10.2. The molecule has 0 atom stereocenters. The molecule has 2 rings (SSSR count). The van der Waals surface area contributed by atoms with Gasteiger partial charge >= 0.3 is 0 Å². The molecule has 0 aromatic heterocycles. The molecule has 0 saturated heterocycles. The van der Waals surface area contributed by atoms with E-state index in [4.69, 9.17) is 11.6 Å². The largest absolute Gasteiger partial charge is 0.321 e. The van der Waals surface area contributed by atoms with Crippen molar-refractivity contribution in [1.82, 2.24) is 0 Å². The van der Waals surface area contributed by atoms with Crippen LogP contribution in [0.4, 0.5) is 5.69 Å². The van der Waals surface area contributed by atoms with Crippen LogP contribution in [-0.4, -0.2) is 5.91 Å². The van der Waals surface area contributed by atoms with Crippen molar-refractivity contribution in [3.8, 4) is 0 Å². The van der Waals surface area contributed by atoms with E-state index in [0.29, 0.717) is 16.3 Å². The molecule has 2 aromatic carbocycles. The predicted octanol–water partition coefficient (Wildman–Crippen LogP) is 5.56. The number of carbonyl (C=O) groups is 1. The highest BCUT2D eigenvalue weighted by Gasteiger charge is 2.12. The monoisotopic (exact) mass is 561 g/mol. The normalized spacial score (nSPS) is 10.3. The second kappa shape index (κ2) is 6.73. The van der Waals surface area contributed by atoms with Crippen LogP contribution in [0.3, 0.4) is 0 Å². The number of carbonyl (C=O) groups excluding carboxylic acids is 1. The summed E-state index contributed by atoms with van der Waals surface area (Å²) in [5.74, 6) is -0.187. The van der Waals surface area contributed by atoms with Crippen molar-refractivity contribution in [2.45, 2.75) is 0 Å². The van der Waals surface area contributed by atoms with Gasteiger partial charge in [0.2, 0.25) is 0 Å². The fraction of sp³-hybridized carbons (Fsp3) is 0. The van der Waals surface area contributed by atoms with Crippen LogP contribution >= 0.6 is 72.7 Å². The van der Waals surface area contributed by atoms with Crippen LogP contribution in [0.25, 0.3) is 0 Å². The fourth-order valence-corrected chi connectivity index (χ4v) is 3.27. The van der Waals surface area contributed by atoms with Crippen molar-refractivity contribution in [2.24, 2.45) is 0 Å². The van der Waals surface area contributed by atoms with Gasteiger partial charge in [-0.3, -0.25) is 4.79 Å². The van der Waals surface area contributed by atoms with E-state index < -0.39 is 0 Å². The van der Waals surface area contributed by atoms with E-state index in [0.717, 1.165) is 11.6 Å². The number of nitrogens with one attached hydrogen (secondary N) is 1. The van der Waals surface area contributed by atoms with Gasteiger partial charge in [0.25, 0.3) is 5.91 Å². The average molecular weight is 562 g/mol. The summed E-state index contributed by atoms with van der Waals surface area (Å²) >= 11 is 13.8. The zero-order valence-corrected chi connectivity index (χ0v) is 16.0. The molecule has 0 heterocycles. The third-order valence-electron chi connectivity index (χ3n) is 2.35. The highest BCUT2D eigenvalue weighted by atomic mass is 127. The van der Waals surface area contributed by atoms with Crippen molar-refractivity contribution < 1.29 is 4.79 Å². The summed E-state index contributed by atoms with van der Waals surface area (Å²) in [5, 5.41) is 3.34. The van der Waals surface area contributed by atoms with E-state index in [1.807, 2.05) is 30.3 Å². The molecule has 0 aliphatic rings. The zero-order valence-electron chi connectivity index (χ0n) is 9.38. The van der Waals surface area contributed by atoms with E-state index in [1.165, 1.54) is 0 Å². The van der Waals surface area contributed by atoms with Crippen molar-refractivity contribution in [3.63, 3.8) is 0 Å². The molecule has 0 radical (unpaired) electrons. The summed E-state index contributed by atoms with van der Waals surface area (Å²) in [5.41, 5.74) is 1.19. The first-order chi connectivity index (χ1) is 8.97. The molecule has 0 saturated carbocycles. The zero-order chi connectivity index (χ0) is 14.0. The maximum absolute atomic E-state index is 12.2. The number of benzene rings is 2. The molecule has 2 aromatic rings. The molecule has 0 bridgehead atoms. The Labute approximate surface area is 151 Å². The molecule has 19 heavy (non-hydrogen) atoms. The Hall–Kier alpha value is 0.140. The smallest absolute Gasteiger partial charge is 0.256 e. The average Bonchev–Trinajstić information content (AvgIpc) is 2.35. The van der Waals surface area contributed by atoms with Gasteiger partial charge in [0.05, 0.1) is 16.3 Å². The van der Waals surface area contributed by atoms with Gasteiger partial charge in [0, 0.05) is 11.6 Å². The minimum atomic E-state index is -0.187. The summed E-state index contributed by atoms with van der Waals surface area (Å²) in [7, 11) is 0. The van der Waals surface area contributed by atoms with Crippen LogP contribution in [0.2, 0.25) is 5.02 Å². The van der Waals surface area contributed by atoms with Crippen molar-refractivity contribution in [3.05, 3.63) is 58.6 Å². The second-order valence-electron chi connectivity index (χ2n) is 3.70. The summed E-state index contributed by atoms with van der Waals surface area (Å²) in [4.78, 5) is 12.2. The number of amides is 1. The first kappa shape index (κ1) is 15.5. The predicted molar refractivity (Wildman–Crippen MR) is 99.0 cm³/mol. The molecule has 0 aliphatic carbocycles.